The summed E-state index contributed by atoms with van der Waals surface area (Å²) in [5, 5.41) is 0. The van der Waals surface area contributed by atoms with Crippen LogP contribution < -0.4 is 9.47 Å². The van der Waals surface area contributed by atoms with Crippen LogP contribution in [0, 0.1) is 9.64 Å². The Bertz CT molecular complexity index is 248. The zero-order chi connectivity index (χ0) is 8.27. The summed E-state index contributed by atoms with van der Waals surface area (Å²) in [6.45, 7) is 0. The quantitative estimate of drug-likeness (QED) is 0.761. The maximum atomic E-state index is 5.05. The van der Waals surface area contributed by atoms with Gasteiger partial charge in [-0.2, -0.15) is 0 Å². The van der Waals surface area contributed by atoms with Gasteiger partial charge in [-0.1, -0.05) is 0 Å². The Balaban J connectivity index is 2.99. The topological polar surface area (TPSA) is 18.5 Å². The van der Waals surface area contributed by atoms with Gasteiger partial charge in [-0.05, 0) is 34.7 Å². The van der Waals surface area contributed by atoms with Crippen LogP contribution >= 0.6 is 22.6 Å². The van der Waals surface area contributed by atoms with Gasteiger partial charge in [-0.3, -0.25) is 0 Å². The largest absolute Gasteiger partial charge is 0.496 e. The lowest BCUT2D eigenvalue weighted by molar-refractivity contribution is 0.400. The van der Waals surface area contributed by atoms with Crippen molar-refractivity contribution in [2.24, 2.45) is 0 Å². The van der Waals surface area contributed by atoms with Crippen molar-refractivity contribution >= 4 is 22.6 Å². The second-order valence-corrected chi connectivity index (χ2v) is 2.99. The lowest BCUT2D eigenvalue weighted by atomic mass is 10.3. The van der Waals surface area contributed by atoms with Gasteiger partial charge in [0.05, 0.1) is 17.8 Å². The van der Waals surface area contributed by atoms with E-state index in [4.69, 9.17) is 9.47 Å². The highest BCUT2D eigenvalue weighted by molar-refractivity contribution is 14.1. The molecule has 0 atom stereocenters. The van der Waals surface area contributed by atoms with E-state index in [9.17, 15) is 0 Å². The minimum Gasteiger partial charge on any atom is -0.496 e. The molecule has 1 aromatic rings. The van der Waals surface area contributed by atoms with Crippen LogP contribution in [-0.2, 0) is 0 Å². The molecule has 0 aromatic heterocycles. The summed E-state index contributed by atoms with van der Waals surface area (Å²) in [5.41, 5.74) is 0. The van der Waals surface area contributed by atoms with E-state index in [0.29, 0.717) is 0 Å². The Morgan fingerprint density at radius 3 is 2.45 bits per heavy atom. The van der Waals surface area contributed by atoms with E-state index >= 15 is 0 Å². The number of hydrogen-bond donors (Lipinski definition) is 0. The Kier molecular flexibility index (Phi) is 2.99. The summed E-state index contributed by atoms with van der Waals surface area (Å²) in [7, 11) is 3.26. The van der Waals surface area contributed by atoms with Gasteiger partial charge >= 0.3 is 0 Å². The first kappa shape index (κ1) is 8.64. The van der Waals surface area contributed by atoms with Crippen molar-refractivity contribution in [1.29, 1.82) is 0 Å². The van der Waals surface area contributed by atoms with Crippen molar-refractivity contribution in [3.05, 3.63) is 21.8 Å². The normalized spacial score (nSPS) is 9.36. The fourth-order valence-corrected chi connectivity index (χ4v) is 1.38. The number of benzene rings is 1. The van der Waals surface area contributed by atoms with Gasteiger partial charge in [0, 0.05) is 6.07 Å². The van der Waals surface area contributed by atoms with Gasteiger partial charge in [0.15, 0.2) is 0 Å². The van der Waals surface area contributed by atoms with Crippen molar-refractivity contribution in [2.75, 3.05) is 14.2 Å². The maximum Gasteiger partial charge on any atom is 0.133 e. The fourth-order valence-electron chi connectivity index (χ4n) is 0.713. The molecule has 0 aliphatic rings. The third-order valence-corrected chi connectivity index (χ3v) is 2.08. The number of rotatable bonds is 2. The highest BCUT2D eigenvalue weighted by atomic mass is 127. The highest BCUT2D eigenvalue weighted by Gasteiger charge is 2.00. The van der Waals surface area contributed by atoms with E-state index in [2.05, 4.69) is 28.7 Å². The summed E-state index contributed by atoms with van der Waals surface area (Å²) in [5.74, 6) is 1.56. The lowest BCUT2D eigenvalue weighted by Crippen LogP contribution is -1.88. The molecule has 0 aliphatic carbocycles. The summed E-state index contributed by atoms with van der Waals surface area (Å²) in [6, 6.07) is 6.69. The van der Waals surface area contributed by atoms with Crippen LogP contribution in [0.3, 0.4) is 0 Å². The van der Waals surface area contributed by atoms with Gasteiger partial charge in [0.1, 0.15) is 11.5 Å². The third kappa shape index (κ3) is 1.99. The van der Waals surface area contributed by atoms with Gasteiger partial charge in [-0.25, -0.2) is 0 Å². The minimum absolute atomic E-state index is 0.732. The standard InChI is InChI=1S/C8H8IO2/c1-10-6-3-4-8(11-2)7(9)5-6/h3-4H,1-2H3. The molecule has 0 saturated carbocycles. The molecule has 2 nitrogen and oxygen atoms in total. The molecule has 1 radical (unpaired) electrons. The van der Waals surface area contributed by atoms with E-state index in [0.717, 1.165) is 15.1 Å². The molecule has 1 rings (SSSR count). The Hall–Kier alpha value is -0.450. The zero-order valence-electron chi connectivity index (χ0n) is 6.35. The second kappa shape index (κ2) is 3.80. The van der Waals surface area contributed by atoms with E-state index in [-0.39, 0.29) is 0 Å². The minimum atomic E-state index is 0.732. The fraction of sp³-hybridized carbons (Fsp3) is 0.250. The van der Waals surface area contributed by atoms with E-state index in [1.807, 2.05) is 12.1 Å². The van der Waals surface area contributed by atoms with E-state index in [1.54, 1.807) is 14.2 Å². The van der Waals surface area contributed by atoms with Crippen molar-refractivity contribution < 1.29 is 9.47 Å². The molecular weight excluding hydrogens is 255 g/mol. The molecule has 0 N–H and O–H groups in total. The van der Waals surface area contributed by atoms with Crippen molar-refractivity contribution in [3.8, 4) is 11.5 Å². The molecule has 0 amide bonds. The first-order valence-electron chi connectivity index (χ1n) is 3.07. The lowest BCUT2D eigenvalue weighted by Gasteiger charge is -2.03. The second-order valence-electron chi connectivity index (χ2n) is 1.91. The number of ether oxygens (including phenoxy) is 2. The molecule has 0 unspecified atom stereocenters. The molecule has 0 heterocycles. The van der Waals surface area contributed by atoms with Crippen LogP contribution in [0.2, 0.25) is 0 Å². The molecule has 1 aromatic carbocycles. The number of methoxy groups -OCH3 is 2. The predicted molar refractivity (Wildman–Crippen MR) is 51.1 cm³/mol. The summed E-state index contributed by atoms with van der Waals surface area (Å²) >= 11 is 2.15. The maximum absolute atomic E-state index is 5.05. The summed E-state index contributed by atoms with van der Waals surface area (Å²) < 4.78 is 11.0. The van der Waals surface area contributed by atoms with Crippen LogP contribution in [0.15, 0.2) is 12.1 Å². The van der Waals surface area contributed by atoms with Gasteiger partial charge < -0.3 is 9.47 Å². The average molecular weight is 263 g/mol. The third-order valence-electron chi connectivity index (χ3n) is 1.28. The van der Waals surface area contributed by atoms with Crippen molar-refractivity contribution in [2.45, 2.75) is 0 Å². The van der Waals surface area contributed by atoms with Gasteiger partial charge in [-0.15, -0.1) is 0 Å². The van der Waals surface area contributed by atoms with Gasteiger partial charge in [0.25, 0.3) is 0 Å². The molecule has 0 saturated heterocycles. The van der Waals surface area contributed by atoms with Crippen molar-refractivity contribution in [1.82, 2.24) is 0 Å². The molecule has 0 aliphatic heterocycles. The van der Waals surface area contributed by atoms with E-state index < -0.39 is 0 Å². The first-order valence-corrected chi connectivity index (χ1v) is 4.15. The molecule has 11 heavy (non-hydrogen) atoms. The summed E-state index contributed by atoms with van der Waals surface area (Å²) in [4.78, 5) is 0. The predicted octanol–water partition coefficient (Wildman–Crippen LogP) is 2.11. The molecule has 0 spiro atoms. The molecular formula is C8H8IO2. The van der Waals surface area contributed by atoms with Gasteiger partial charge in [0.2, 0.25) is 0 Å². The molecule has 59 valence electrons. The van der Waals surface area contributed by atoms with Crippen LogP contribution in [0.5, 0.6) is 11.5 Å². The molecule has 3 heteroatoms. The van der Waals surface area contributed by atoms with E-state index in [1.165, 1.54) is 0 Å². The Morgan fingerprint density at radius 1 is 1.27 bits per heavy atom. The van der Waals surface area contributed by atoms with Crippen molar-refractivity contribution in [3.63, 3.8) is 0 Å². The highest BCUT2D eigenvalue weighted by Crippen LogP contribution is 2.23. The SMILES string of the molecule is COc1[c]c(I)c(OC)cc1. The smallest absolute Gasteiger partial charge is 0.133 e. The average Bonchev–Trinajstić information content (AvgIpc) is 2.04. The Labute approximate surface area is 79.7 Å². The molecule has 0 fully saturated rings. The zero-order valence-corrected chi connectivity index (χ0v) is 8.51. The number of halogens is 1. The van der Waals surface area contributed by atoms with Crippen LogP contribution in [-0.4, -0.2) is 14.2 Å². The van der Waals surface area contributed by atoms with Crippen LogP contribution in [0.25, 0.3) is 0 Å². The summed E-state index contributed by atoms with van der Waals surface area (Å²) in [6.07, 6.45) is 0. The number of hydrogen-bond acceptors (Lipinski definition) is 2. The monoisotopic (exact) mass is 263 g/mol. The molecule has 0 bridgehead atoms. The van der Waals surface area contributed by atoms with Crippen LogP contribution in [0.4, 0.5) is 0 Å². The first-order chi connectivity index (χ1) is 5.27. The Morgan fingerprint density at radius 2 is 2.00 bits per heavy atom. The van der Waals surface area contributed by atoms with Crippen LogP contribution in [0.1, 0.15) is 0 Å².